The maximum atomic E-state index is 12.4. The van der Waals surface area contributed by atoms with Crippen LogP contribution in [0.5, 0.6) is 0 Å². The highest BCUT2D eigenvalue weighted by Gasteiger charge is 2.28. The number of carbonyl (C=O) groups excluding carboxylic acids is 1. The van der Waals surface area contributed by atoms with Gasteiger partial charge in [0, 0.05) is 25.2 Å². The average Bonchev–Trinajstić information content (AvgIpc) is 2.87. The second kappa shape index (κ2) is 7.13. The van der Waals surface area contributed by atoms with Gasteiger partial charge in [0.15, 0.2) is 0 Å². The first-order chi connectivity index (χ1) is 10.5. The molecule has 0 bridgehead atoms. The number of amides is 1. The normalized spacial score (nSPS) is 16.7. The molecule has 0 atom stereocenters. The molecule has 6 heteroatoms. The largest absolute Gasteiger partial charge is 0.339 e. The Morgan fingerprint density at radius 3 is 2.41 bits per heavy atom. The number of hydrogen-bond acceptors (Lipinski definition) is 3. The highest BCUT2D eigenvalue weighted by Crippen LogP contribution is 2.24. The van der Waals surface area contributed by atoms with Crippen LogP contribution in [0.15, 0.2) is 24.3 Å². The summed E-state index contributed by atoms with van der Waals surface area (Å²) in [5.41, 5.74) is 1.25. The third kappa shape index (κ3) is 3.61. The Morgan fingerprint density at radius 2 is 1.91 bits per heavy atom. The predicted octanol–water partition coefficient (Wildman–Crippen LogP) is 2.49. The monoisotopic (exact) mass is 324 g/mol. The summed E-state index contributed by atoms with van der Waals surface area (Å²) >= 11 is 0. The quantitative estimate of drug-likeness (QED) is 0.808. The Hall–Kier alpha value is -1.56. The van der Waals surface area contributed by atoms with Crippen LogP contribution in [0.25, 0.3) is 0 Å². The Balaban J connectivity index is 2.13. The first-order valence-electron chi connectivity index (χ1n) is 7.89. The summed E-state index contributed by atoms with van der Waals surface area (Å²) in [7, 11) is -3.17. The number of anilines is 1. The lowest BCUT2D eigenvalue weighted by molar-refractivity contribution is 0.0762. The van der Waals surface area contributed by atoms with Gasteiger partial charge in [-0.3, -0.25) is 9.10 Å². The van der Waals surface area contributed by atoms with Crippen LogP contribution in [0, 0.1) is 0 Å². The van der Waals surface area contributed by atoms with Crippen LogP contribution in [0.1, 0.15) is 43.5 Å². The van der Waals surface area contributed by atoms with Crippen LogP contribution in [-0.2, 0) is 10.0 Å². The SMILES string of the molecule is CCCCN(CC)C(=O)c1ccc(N2CCCS2(=O)=O)cc1. The van der Waals surface area contributed by atoms with Crippen LogP contribution in [0.3, 0.4) is 0 Å². The van der Waals surface area contributed by atoms with Crippen molar-refractivity contribution in [2.75, 3.05) is 29.7 Å². The molecule has 1 heterocycles. The highest BCUT2D eigenvalue weighted by atomic mass is 32.2. The van der Waals surface area contributed by atoms with E-state index in [0.29, 0.717) is 30.8 Å². The first-order valence-corrected chi connectivity index (χ1v) is 9.50. The van der Waals surface area contributed by atoms with Crippen LogP contribution in [0.4, 0.5) is 5.69 Å². The van der Waals surface area contributed by atoms with Gasteiger partial charge >= 0.3 is 0 Å². The molecule has 0 radical (unpaired) electrons. The molecule has 2 rings (SSSR count). The first kappa shape index (κ1) is 16.8. The summed E-state index contributed by atoms with van der Waals surface area (Å²) in [6.45, 7) is 6.03. The van der Waals surface area contributed by atoms with Crippen molar-refractivity contribution in [2.24, 2.45) is 0 Å². The number of unbranched alkanes of at least 4 members (excludes halogenated alkanes) is 1. The van der Waals surface area contributed by atoms with E-state index < -0.39 is 10.0 Å². The van der Waals surface area contributed by atoms with Crippen molar-refractivity contribution in [3.8, 4) is 0 Å². The van der Waals surface area contributed by atoms with Gasteiger partial charge in [-0.25, -0.2) is 8.42 Å². The maximum absolute atomic E-state index is 12.4. The van der Waals surface area contributed by atoms with E-state index in [0.717, 1.165) is 19.4 Å². The third-order valence-corrected chi connectivity index (χ3v) is 5.82. The zero-order valence-electron chi connectivity index (χ0n) is 13.3. The molecule has 0 N–H and O–H groups in total. The molecule has 0 aromatic heterocycles. The van der Waals surface area contributed by atoms with Crippen molar-refractivity contribution in [1.82, 2.24) is 4.90 Å². The van der Waals surface area contributed by atoms with Crippen molar-refractivity contribution in [1.29, 1.82) is 0 Å². The van der Waals surface area contributed by atoms with Crippen molar-refractivity contribution >= 4 is 21.6 Å². The minimum absolute atomic E-state index is 0.00628. The molecule has 1 aromatic rings. The molecule has 0 spiro atoms. The standard InChI is InChI=1S/C16H24N2O3S/c1-3-5-11-17(4-2)16(19)14-7-9-15(10-8-14)18-12-6-13-22(18,20)21/h7-10H,3-6,11-13H2,1-2H3. The molecule has 0 aliphatic carbocycles. The van der Waals surface area contributed by atoms with Gasteiger partial charge < -0.3 is 4.90 Å². The Morgan fingerprint density at radius 1 is 1.23 bits per heavy atom. The van der Waals surface area contributed by atoms with E-state index in [2.05, 4.69) is 6.92 Å². The molecule has 5 nitrogen and oxygen atoms in total. The number of benzene rings is 1. The van der Waals surface area contributed by atoms with E-state index in [-0.39, 0.29) is 11.7 Å². The fraction of sp³-hybridized carbons (Fsp3) is 0.562. The number of rotatable bonds is 6. The average molecular weight is 324 g/mol. The zero-order valence-corrected chi connectivity index (χ0v) is 14.1. The van der Waals surface area contributed by atoms with E-state index in [1.807, 2.05) is 11.8 Å². The van der Waals surface area contributed by atoms with Gasteiger partial charge in [0.1, 0.15) is 0 Å². The van der Waals surface area contributed by atoms with Crippen molar-refractivity contribution in [2.45, 2.75) is 33.1 Å². The molecule has 1 aliphatic heterocycles. The molecule has 1 aliphatic rings. The smallest absolute Gasteiger partial charge is 0.253 e. The molecular formula is C16H24N2O3S. The molecular weight excluding hydrogens is 300 g/mol. The van der Waals surface area contributed by atoms with E-state index in [9.17, 15) is 13.2 Å². The summed E-state index contributed by atoms with van der Waals surface area (Å²) < 4.78 is 25.2. The fourth-order valence-electron chi connectivity index (χ4n) is 2.63. The lowest BCUT2D eigenvalue weighted by atomic mass is 10.1. The Bertz CT molecular complexity index is 611. The van der Waals surface area contributed by atoms with Gasteiger partial charge in [0.2, 0.25) is 10.0 Å². The van der Waals surface area contributed by atoms with Crippen molar-refractivity contribution < 1.29 is 13.2 Å². The lowest BCUT2D eigenvalue weighted by Crippen LogP contribution is -2.31. The van der Waals surface area contributed by atoms with Crippen LogP contribution >= 0.6 is 0 Å². The van der Waals surface area contributed by atoms with Gasteiger partial charge in [-0.15, -0.1) is 0 Å². The predicted molar refractivity (Wildman–Crippen MR) is 88.7 cm³/mol. The lowest BCUT2D eigenvalue weighted by Gasteiger charge is -2.21. The summed E-state index contributed by atoms with van der Waals surface area (Å²) in [6.07, 6.45) is 2.70. The summed E-state index contributed by atoms with van der Waals surface area (Å²) in [6, 6.07) is 6.90. The molecule has 1 fully saturated rings. The molecule has 1 saturated heterocycles. The Labute approximate surface area is 133 Å². The summed E-state index contributed by atoms with van der Waals surface area (Å²) in [5, 5.41) is 0. The fourth-order valence-corrected chi connectivity index (χ4v) is 4.20. The molecule has 22 heavy (non-hydrogen) atoms. The number of carbonyl (C=O) groups is 1. The van der Waals surface area contributed by atoms with Crippen LogP contribution < -0.4 is 4.31 Å². The second-order valence-corrected chi connectivity index (χ2v) is 7.54. The number of hydrogen-bond donors (Lipinski definition) is 0. The molecule has 1 aromatic carbocycles. The maximum Gasteiger partial charge on any atom is 0.253 e. The highest BCUT2D eigenvalue weighted by molar-refractivity contribution is 7.93. The minimum atomic E-state index is -3.17. The van der Waals surface area contributed by atoms with Crippen molar-refractivity contribution in [3.63, 3.8) is 0 Å². The van der Waals surface area contributed by atoms with E-state index in [1.54, 1.807) is 24.3 Å². The third-order valence-electron chi connectivity index (χ3n) is 3.95. The number of nitrogens with zero attached hydrogens (tertiary/aromatic N) is 2. The Kier molecular flexibility index (Phi) is 5.45. The molecule has 122 valence electrons. The van der Waals surface area contributed by atoms with Gasteiger partial charge in [-0.1, -0.05) is 13.3 Å². The molecule has 1 amide bonds. The molecule has 0 saturated carbocycles. The van der Waals surface area contributed by atoms with Crippen molar-refractivity contribution in [3.05, 3.63) is 29.8 Å². The van der Waals surface area contributed by atoms with E-state index in [1.165, 1.54) is 4.31 Å². The van der Waals surface area contributed by atoms with E-state index in [4.69, 9.17) is 0 Å². The zero-order chi connectivity index (χ0) is 16.2. The van der Waals surface area contributed by atoms with Crippen LogP contribution in [-0.4, -0.2) is 44.6 Å². The van der Waals surface area contributed by atoms with Gasteiger partial charge in [-0.2, -0.15) is 0 Å². The molecule has 0 unspecified atom stereocenters. The van der Waals surface area contributed by atoms with Crippen LogP contribution in [0.2, 0.25) is 0 Å². The van der Waals surface area contributed by atoms with Gasteiger partial charge in [0.25, 0.3) is 5.91 Å². The summed E-state index contributed by atoms with van der Waals surface area (Å²) in [4.78, 5) is 14.3. The van der Waals surface area contributed by atoms with Gasteiger partial charge in [-0.05, 0) is 44.0 Å². The second-order valence-electron chi connectivity index (χ2n) is 5.53. The summed E-state index contributed by atoms with van der Waals surface area (Å²) in [5.74, 6) is 0.209. The minimum Gasteiger partial charge on any atom is -0.339 e. The van der Waals surface area contributed by atoms with E-state index >= 15 is 0 Å². The number of sulfonamides is 1. The topological polar surface area (TPSA) is 57.7 Å². The van der Waals surface area contributed by atoms with Gasteiger partial charge in [0.05, 0.1) is 11.4 Å².